The van der Waals surface area contributed by atoms with Gasteiger partial charge in [0.1, 0.15) is 42.7 Å². The molecule has 5 N–H and O–H groups in total. The Hall–Kier alpha value is -6.16. The minimum atomic E-state index is -0.720. The molecule has 16 nitrogen and oxygen atoms in total. The summed E-state index contributed by atoms with van der Waals surface area (Å²) in [4.78, 5) is 67.5. The van der Waals surface area contributed by atoms with Crippen LogP contribution in [0.3, 0.4) is 0 Å². The van der Waals surface area contributed by atoms with Gasteiger partial charge < -0.3 is 49.5 Å². The number of hydrogen-bond donors (Lipinski definition) is 5. The van der Waals surface area contributed by atoms with Gasteiger partial charge in [-0.3, -0.25) is 14.4 Å². The van der Waals surface area contributed by atoms with Crippen molar-refractivity contribution in [2.45, 2.75) is 111 Å². The number of aromatic nitrogens is 5. The van der Waals surface area contributed by atoms with E-state index < -0.39 is 30.7 Å². The van der Waals surface area contributed by atoms with Crippen molar-refractivity contribution in [2.75, 3.05) is 33.4 Å². The summed E-state index contributed by atoms with van der Waals surface area (Å²) in [6, 6.07) is 9.34. The highest BCUT2D eigenvalue weighted by Crippen LogP contribution is 2.46. The number of rotatable bonds is 8. The quantitative estimate of drug-likeness (QED) is 0.124. The van der Waals surface area contributed by atoms with Crippen LogP contribution in [0.15, 0.2) is 42.7 Å². The first kappa shape index (κ1) is 43.9. The lowest BCUT2D eigenvalue weighted by Gasteiger charge is -2.27. The van der Waals surface area contributed by atoms with Gasteiger partial charge in [-0.1, -0.05) is 12.1 Å². The topological polar surface area (TPSA) is 200 Å². The van der Waals surface area contributed by atoms with E-state index in [9.17, 15) is 19.2 Å². The van der Waals surface area contributed by atoms with Gasteiger partial charge in [0.25, 0.3) is 0 Å². The van der Waals surface area contributed by atoms with E-state index in [0.29, 0.717) is 19.7 Å². The number of aliphatic hydroxyl groups is 1. The Balaban J connectivity index is 0.000000242. The number of alkyl carbamates (subject to hydrolysis) is 1. The van der Waals surface area contributed by atoms with Gasteiger partial charge >= 0.3 is 6.09 Å². The molecule has 2 saturated heterocycles. The third-order valence-electron chi connectivity index (χ3n) is 12.2. The third kappa shape index (κ3) is 8.52. The van der Waals surface area contributed by atoms with Gasteiger partial charge in [0, 0.05) is 47.0 Å². The van der Waals surface area contributed by atoms with E-state index in [0.717, 1.165) is 65.6 Å². The monoisotopic (exact) mass is 849 g/mol. The molecule has 3 aromatic heterocycles. The number of hydrogen-bond acceptors (Lipinski definition) is 9. The highest BCUT2D eigenvalue weighted by molar-refractivity contribution is 5.96. The predicted molar refractivity (Wildman–Crippen MR) is 234 cm³/mol. The van der Waals surface area contributed by atoms with Crippen LogP contribution in [-0.4, -0.2) is 109 Å². The number of benzene rings is 2. The lowest BCUT2D eigenvalue weighted by atomic mass is 9.98. The molecule has 0 radical (unpaired) electrons. The van der Waals surface area contributed by atoms with Crippen LogP contribution in [0.4, 0.5) is 4.79 Å². The maximum absolute atomic E-state index is 13.1. The number of H-pyrrole nitrogens is 2. The van der Waals surface area contributed by atoms with E-state index in [-0.39, 0.29) is 29.4 Å². The predicted octanol–water partition coefficient (Wildman–Crippen LogP) is 6.04. The van der Waals surface area contributed by atoms with E-state index in [2.05, 4.69) is 99.8 Å². The second kappa shape index (κ2) is 17.7. The molecule has 3 aliphatic heterocycles. The average Bonchev–Trinajstić information content (AvgIpc) is 4.10. The third-order valence-corrected chi connectivity index (χ3v) is 12.2. The summed E-state index contributed by atoms with van der Waals surface area (Å²) in [5.41, 5.74) is 9.76. The molecular weight excluding hydrogens is 791 g/mol. The fraction of sp³-hybridized carbons (Fsp3) is 0.478. The smallest absolute Gasteiger partial charge is 0.407 e. The lowest BCUT2D eigenvalue weighted by molar-refractivity contribution is -0.137. The number of ether oxygens (including phenoxy) is 2. The maximum Gasteiger partial charge on any atom is 0.407 e. The number of amides is 4. The van der Waals surface area contributed by atoms with Crippen molar-refractivity contribution in [1.82, 2.24) is 44.9 Å². The molecule has 4 atom stereocenters. The van der Waals surface area contributed by atoms with Crippen LogP contribution in [0.25, 0.3) is 33.4 Å². The Morgan fingerprint density at radius 2 is 1.53 bits per heavy atom. The van der Waals surface area contributed by atoms with Gasteiger partial charge in [0.15, 0.2) is 0 Å². The molecule has 62 heavy (non-hydrogen) atoms. The largest absolute Gasteiger partial charge is 0.490 e. The van der Waals surface area contributed by atoms with Crippen LogP contribution in [0.2, 0.25) is 0 Å². The minimum Gasteiger partial charge on any atom is -0.490 e. The number of methoxy groups -OCH3 is 1. The van der Waals surface area contributed by atoms with Gasteiger partial charge in [0.2, 0.25) is 17.7 Å². The van der Waals surface area contributed by atoms with Crippen LogP contribution in [-0.2, 0) is 24.7 Å². The Bertz CT molecular complexity index is 2500. The molecule has 0 spiro atoms. The molecule has 330 valence electrons. The fourth-order valence-electron chi connectivity index (χ4n) is 9.24. The van der Waals surface area contributed by atoms with E-state index in [1.165, 1.54) is 40.4 Å². The van der Waals surface area contributed by atoms with E-state index in [4.69, 9.17) is 14.8 Å². The highest BCUT2D eigenvalue weighted by atomic mass is 16.5. The zero-order valence-corrected chi connectivity index (χ0v) is 37.1. The number of nitrogens with one attached hydrogen (secondary N) is 4. The summed E-state index contributed by atoms with van der Waals surface area (Å²) < 4.78 is 13.3. The summed E-state index contributed by atoms with van der Waals surface area (Å²) in [5.74, 6) is 1.61. The number of aromatic amines is 2. The number of carbonyl (C=O) groups excluding carboxylic acids is 4. The molecule has 16 heteroatoms. The molecule has 2 aromatic carbocycles. The van der Waals surface area contributed by atoms with Gasteiger partial charge in [-0.15, -0.1) is 0 Å². The summed E-state index contributed by atoms with van der Waals surface area (Å²) in [6.45, 7) is 17.3. The van der Waals surface area contributed by atoms with E-state index in [1.807, 2.05) is 13.1 Å². The van der Waals surface area contributed by atoms with Crippen LogP contribution < -0.4 is 15.4 Å². The molecule has 6 heterocycles. The first-order valence-electron chi connectivity index (χ1n) is 21.3. The minimum absolute atomic E-state index is 0.0434. The van der Waals surface area contributed by atoms with Gasteiger partial charge in [0.05, 0.1) is 42.3 Å². The number of nitrogens with zero attached hydrogens (tertiary/aromatic N) is 5. The SMILES string of the molecule is COC(=O)NC(C)C(=O)N1CCCC1c1ncc(C)[nH]1.Cc1cc(C)c2c(c1)OCC(C)(C)n1c-2c(C)c2cc(-c3cnc(C4CCCN4C(=O)C(C)NC(=O)CO)[nH]3)ccc21. The highest BCUT2D eigenvalue weighted by Gasteiger charge is 2.37. The second-order valence-corrected chi connectivity index (χ2v) is 17.4. The molecule has 0 aliphatic carbocycles. The number of aryl methyl sites for hydroxylation is 4. The summed E-state index contributed by atoms with van der Waals surface area (Å²) in [6.07, 6.45) is 6.45. The maximum atomic E-state index is 13.1. The standard InChI is InChI=1S/C33H39N5O4.C13H20N4O3/c1-18-12-19(2)29-27(13-18)42-17-33(5,6)38-25-10-9-22(14-23(25)20(3)30(29)38)24-15-34-31(36-24)26-8-7-11-37(26)32(41)21(4)35-28(40)16-39;1-8-7-14-11(15-8)10-5-4-6-17(10)12(18)9(2)16-13(19)20-3/h9-10,12-15,21,26,39H,7-8,11,16-17H2,1-6H3,(H,34,36)(H,35,40);7,9-10H,4-6H2,1-3H3,(H,14,15)(H,16,19). The van der Waals surface area contributed by atoms with Crippen molar-refractivity contribution in [2.24, 2.45) is 0 Å². The van der Waals surface area contributed by atoms with Crippen LogP contribution in [0.1, 0.15) is 99.5 Å². The van der Waals surface area contributed by atoms with E-state index >= 15 is 0 Å². The molecule has 0 saturated carbocycles. The lowest BCUT2D eigenvalue weighted by Crippen LogP contribution is -2.47. The van der Waals surface area contributed by atoms with Gasteiger partial charge in [-0.25, -0.2) is 14.8 Å². The Morgan fingerprint density at radius 1 is 0.903 bits per heavy atom. The first-order valence-corrected chi connectivity index (χ1v) is 21.3. The molecular formula is C46H59N9O7. The van der Waals surface area contributed by atoms with E-state index in [1.54, 1.807) is 29.8 Å². The summed E-state index contributed by atoms with van der Waals surface area (Å²) in [7, 11) is 1.27. The van der Waals surface area contributed by atoms with Crippen molar-refractivity contribution in [3.63, 3.8) is 0 Å². The number of carbonyl (C=O) groups is 4. The first-order chi connectivity index (χ1) is 29.5. The number of imidazole rings is 2. The van der Waals surface area contributed by atoms with Crippen molar-refractivity contribution in [3.05, 3.63) is 76.8 Å². The average molecular weight is 850 g/mol. The van der Waals surface area contributed by atoms with Crippen molar-refractivity contribution < 1.29 is 33.8 Å². The van der Waals surface area contributed by atoms with Crippen molar-refractivity contribution >= 4 is 34.7 Å². The summed E-state index contributed by atoms with van der Waals surface area (Å²) >= 11 is 0. The number of likely N-dealkylation sites (tertiary alicyclic amines) is 2. The normalized spacial score (nSPS) is 18.7. The Labute approximate surface area is 361 Å². The molecule has 0 bridgehead atoms. The Kier molecular flexibility index (Phi) is 12.5. The second-order valence-electron chi connectivity index (χ2n) is 17.4. The summed E-state index contributed by atoms with van der Waals surface area (Å²) in [5, 5.41) is 15.3. The molecule has 5 aromatic rings. The van der Waals surface area contributed by atoms with Crippen LogP contribution >= 0.6 is 0 Å². The van der Waals surface area contributed by atoms with Crippen LogP contribution in [0, 0.1) is 27.7 Å². The van der Waals surface area contributed by atoms with Gasteiger partial charge in [-0.05, 0) is 116 Å². The Morgan fingerprint density at radius 3 is 2.15 bits per heavy atom. The number of aliphatic hydroxyl groups excluding tert-OH is 1. The zero-order valence-electron chi connectivity index (χ0n) is 37.1. The number of fused-ring (bicyclic) bond motifs is 5. The van der Waals surface area contributed by atoms with Gasteiger partial charge in [-0.2, -0.15) is 0 Å². The molecule has 8 rings (SSSR count). The molecule has 4 amide bonds. The molecule has 4 unspecified atom stereocenters. The molecule has 3 aliphatic rings. The fourth-order valence-corrected chi connectivity index (χ4v) is 9.24. The van der Waals surface area contributed by atoms with Crippen molar-refractivity contribution in [1.29, 1.82) is 0 Å². The van der Waals surface area contributed by atoms with Crippen molar-refractivity contribution in [3.8, 4) is 28.3 Å². The zero-order chi connectivity index (χ0) is 44.6. The van der Waals surface area contributed by atoms with Crippen LogP contribution in [0.5, 0.6) is 5.75 Å². The molecule has 2 fully saturated rings.